The lowest BCUT2D eigenvalue weighted by Gasteiger charge is -2.11. The monoisotopic (exact) mass is 304 g/mol. The van der Waals surface area contributed by atoms with Gasteiger partial charge in [0.2, 0.25) is 11.7 Å². The molecule has 0 saturated heterocycles. The highest BCUT2D eigenvalue weighted by Gasteiger charge is 2.26. The minimum absolute atomic E-state index is 0.182. The van der Waals surface area contributed by atoms with Crippen LogP contribution in [0.5, 0.6) is 0 Å². The summed E-state index contributed by atoms with van der Waals surface area (Å²) in [6.45, 7) is 5.77. The topological polar surface area (TPSA) is 94.1 Å². The van der Waals surface area contributed by atoms with Crippen LogP contribution in [0.25, 0.3) is 0 Å². The molecule has 1 aliphatic rings. The van der Waals surface area contributed by atoms with Crippen molar-refractivity contribution in [2.24, 2.45) is 0 Å². The van der Waals surface area contributed by atoms with Gasteiger partial charge in [0, 0.05) is 11.5 Å². The molecule has 0 fully saturated rings. The van der Waals surface area contributed by atoms with E-state index in [4.69, 9.17) is 9.05 Å². The zero-order valence-corrected chi connectivity index (χ0v) is 13.0. The second-order valence-electron chi connectivity index (χ2n) is 5.98. The van der Waals surface area contributed by atoms with Crippen LogP contribution in [-0.2, 0) is 12.8 Å². The first-order valence-corrected chi connectivity index (χ1v) is 7.68. The van der Waals surface area contributed by atoms with Gasteiger partial charge in [-0.3, -0.25) is 4.79 Å². The number of carbonyl (C=O) groups is 1. The minimum Gasteiger partial charge on any atom is -0.350 e. The first-order valence-electron chi connectivity index (χ1n) is 7.68. The van der Waals surface area contributed by atoms with Gasteiger partial charge in [-0.2, -0.15) is 4.98 Å². The van der Waals surface area contributed by atoms with Crippen molar-refractivity contribution < 1.29 is 13.8 Å². The van der Waals surface area contributed by atoms with Gasteiger partial charge in [-0.15, -0.1) is 0 Å². The Kier molecular flexibility index (Phi) is 3.96. The number of fused-ring (bicyclic) bond motifs is 1. The molecule has 22 heavy (non-hydrogen) atoms. The quantitative estimate of drug-likeness (QED) is 0.932. The van der Waals surface area contributed by atoms with Gasteiger partial charge in [0.15, 0.2) is 5.82 Å². The van der Waals surface area contributed by atoms with Gasteiger partial charge >= 0.3 is 0 Å². The van der Waals surface area contributed by atoms with Gasteiger partial charge in [-0.05, 0) is 32.6 Å². The molecule has 0 saturated carbocycles. The predicted molar refractivity (Wildman–Crippen MR) is 77.4 cm³/mol. The van der Waals surface area contributed by atoms with Gasteiger partial charge in [-0.1, -0.05) is 24.2 Å². The molecule has 1 amide bonds. The first-order chi connectivity index (χ1) is 10.6. The number of aromatic nitrogens is 3. The van der Waals surface area contributed by atoms with Crippen molar-refractivity contribution in [1.82, 2.24) is 20.6 Å². The molecule has 7 nitrogen and oxygen atoms in total. The minimum atomic E-state index is -0.378. The average Bonchev–Trinajstić information content (AvgIpc) is 3.14. The largest absolute Gasteiger partial charge is 0.350 e. The highest BCUT2D eigenvalue weighted by Crippen LogP contribution is 2.24. The maximum absolute atomic E-state index is 12.4. The highest BCUT2D eigenvalue weighted by atomic mass is 16.5. The van der Waals surface area contributed by atoms with Crippen molar-refractivity contribution in [3.63, 3.8) is 0 Å². The van der Waals surface area contributed by atoms with Gasteiger partial charge < -0.3 is 14.4 Å². The molecule has 3 rings (SSSR count). The number of hydrogen-bond acceptors (Lipinski definition) is 6. The molecule has 2 aromatic heterocycles. The Bertz CT molecular complexity index is 674. The highest BCUT2D eigenvalue weighted by molar-refractivity contribution is 5.93. The van der Waals surface area contributed by atoms with Crippen molar-refractivity contribution in [1.29, 1.82) is 0 Å². The molecule has 0 bridgehead atoms. The molecule has 7 heteroatoms. The Morgan fingerprint density at radius 1 is 1.14 bits per heavy atom. The Labute approximate surface area is 128 Å². The molecular formula is C15H20N4O3. The fourth-order valence-electron chi connectivity index (χ4n) is 2.55. The van der Waals surface area contributed by atoms with Crippen molar-refractivity contribution >= 4 is 5.91 Å². The summed E-state index contributed by atoms with van der Waals surface area (Å²) in [5.74, 6) is 1.23. The summed E-state index contributed by atoms with van der Waals surface area (Å²) < 4.78 is 10.4. The van der Waals surface area contributed by atoms with E-state index in [0.717, 1.165) is 36.9 Å². The predicted octanol–water partition coefficient (Wildman–Crippen LogP) is 2.55. The van der Waals surface area contributed by atoms with E-state index in [-0.39, 0.29) is 17.9 Å². The van der Waals surface area contributed by atoms with E-state index in [9.17, 15) is 4.79 Å². The third-order valence-corrected chi connectivity index (χ3v) is 3.86. The lowest BCUT2D eigenvalue weighted by molar-refractivity contribution is 0.0894. The van der Waals surface area contributed by atoms with E-state index in [1.807, 2.05) is 13.8 Å². The van der Waals surface area contributed by atoms with Crippen LogP contribution in [-0.4, -0.2) is 21.2 Å². The van der Waals surface area contributed by atoms with E-state index in [1.54, 1.807) is 6.92 Å². The lowest BCUT2D eigenvalue weighted by atomic mass is 9.96. The number of rotatable bonds is 4. The lowest BCUT2D eigenvalue weighted by Crippen LogP contribution is -2.27. The van der Waals surface area contributed by atoms with Crippen LogP contribution in [0, 0.1) is 0 Å². The first kappa shape index (κ1) is 14.7. The number of carbonyl (C=O) groups excluding carboxylic acids is 1. The van der Waals surface area contributed by atoms with Crippen LogP contribution >= 0.6 is 0 Å². The maximum Gasteiger partial charge on any atom is 0.290 e. The normalized spacial score (nSPS) is 15.6. The van der Waals surface area contributed by atoms with Crippen LogP contribution in [0.1, 0.15) is 79.1 Å². The molecular weight excluding hydrogens is 284 g/mol. The van der Waals surface area contributed by atoms with Gasteiger partial charge in [0.05, 0.1) is 5.69 Å². The van der Waals surface area contributed by atoms with Crippen molar-refractivity contribution in [2.45, 2.75) is 58.4 Å². The zero-order chi connectivity index (χ0) is 15.7. The van der Waals surface area contributed by atoms with Crippen LogP contribution in [0.2, 0.25) is 0 Å². The summed E-state index contributed by atoms with van der Waals surface area (Å²) in [6, 6.07) is -0.378. The second kappa shape index (κ2) is 5.90. The summed E-state index contributed by atoms with van der Waals surface area (Å²) in [5, 5.41) is 10.7. The number of hydrogen-bond donors (Lipinski definition) is 1. The smallest absolute Gasteiger partial charge is 0.290 e. The molecule has 1 aliphatic carbocycles. The average molecular weight is 304 g/mol. The number of amides is 1. The third kappa shape index (κ3) is 2.75. The van der Waals surface area contributed by atoms with Crippen molar-refractivity contribution in [2.75, 3.05) is 0 Å². The molecule has 0 spiro atoms. The second-order valence-corrected chi connectivity index (χ2v) is 5.98. The summed E-state index contributed by atoms with van der Waals surface area (Å²) in [4.78, 5) is 16.7. The maximum atomic E-state index is 12.4. The third-order valence-electron chi connectivity index (χ3n) is 3.86. The summed E-state index contributed by atoms with van der Waals surface area (Å²) in [6.07, 6.45) is 3.87. The fourth-order valence-corrected chi connectivity index (χ4v) is 2.55. The summed E-state index contributed by atoms with van der Waals surface area (Å²) in [5.41, 5.74) is 1.84. The van der Waals surface area contributed by atoms with Crippen molar-refractivity contribution in [3.8, 4) is 0 Å². The molecule has 0 radical (unpaired) electrons. The van der Waals surface area contributed by atoms with E-state index in [2.05, 4.69) is 20.6 Å². The molecule has 0 aromatic carbocycles. The van der Waals surface area contributed by atoms with Crippen LogP contribution in [0.15, 0.2) is 9.05 Å². The van der Waals surface area contributed by atoms with Crippen LogP contribution in [0.4, 0.5) is 0 Å². The molecule has 2 aromatic rings. The molecule has 1 atom stereocenters. The Balaban J connectivity index is 1.72. The van der Waals surface area contributed by atoms with E-state index < -0.39 is 0 Å². The summed E-state index contributed by atoms with van der Waals surface area (Å²) in [7, 11) is 0. The van der Waals surface area contributed by atoms with Crippen molar-refractivity contribution in [3.05, 3.63) is 28.7 Å². The Hall–Kier alpha value is -2.18. The number of nitrogens with zero attached hydrogens (tertiary/aromatic N) is 3. The molecule has 1 N–H and O–H groups in total. The van der Waals surface area contributed by atoms with Gasteiger partial charge in [0.1, 0.15) is 6.04 Å². The van der Waals surface area contributed by atoms with Gasteiger partial charge in [-0.25, -0.2) is 0 Å². The molecule has 0 unspecified atom stereocenters. The van der Waals surface area contributed by atoms with Crippen LogP contribution < -0.4 is 5.32 Å². The fraction of sp³-hybridized carbons (Fsp3) is 0.600. The zero-order valence-electron chi connectivity index (χ0n) is 13.0. The van der Waals surface area contributed by atoms with E-state index >= 15 is 0 Å². The SMILES string of the molecule is CC(C)c1noc([C@H](C)NC(=O)c2onc3c2CCCC3)n1. The molecule has 2 heterocycles. The molecule has 118 valence electrons. The standard InChI is InChI=1S/C15H20N4O3/c1-8(2)13-17-15(22-19-13)9(3)16-14(20)12-10-6-4-5-7-11(10)18-21-12/h8-9H,4-7H2,1-3H3,(H,16,20)/t9-/m0/s1. The number of nitrogens with one attached hydrogen (secondary N) is 1. The van der Waals surface area contributed by atoms with E-state index in [0.29, 0.717) is 17.5 Å². The van der Waals surface area contributed by atoms with Crippen LogP contribution in [0.3, 0.4) is 0 Å². The Morgan fingerprint density at radius 3 is 2.64 bits per heavy atom. The number of aryl methyl sites for hydroxylation is 1. The Morgan fingerprint density at radius 2 is 1.91 bits per heavy atom. The molecule has 0 aliphatic heterocycles. The van der Waals surface area contributed by atoms with Gasteiger partial charge in [0.25, 0.3) is 5.91 Å². The van der Waals surface area contributed by atoms with E-state index in [1.165, 1.54) is 0 Å². The summed E-state index contributed by atoms with van der Waals surface area (Å²) >= 11 is 0.